The number of hydrogen-bond donors (Lipinski definition) is 0. The predicted octanol–water partition coefficient (Wildman–Crippen LogP) is 6.77. The van der Waals surface area contributed by atoms with Gasteiger partial charge in [-0.2, -0.15) is 0 Å². The molecular formula is C38H51N3O8. The molecule has 2 saturated heterocycles. The molecule has 49 heavy (non-hydrogen) atoms. The van der Waals surface area contributed by atoms with Gasteiger partial charge in [-0.1, -0.05) is 44.2 Å². The second-order valence-electron chi connectivity index (χ2n) is 16.5. The van der Waals surface area contributed by atoms with Gasteiger partial charge in [0, 0.05) is 23.6 Å². The van der Waals surface area contributed by atoms with Crippen LogP contribution in [-0.4, -0.2) is 70.0 Å². The van der Waals surface area contributed by atoms with Crippen molar-refractivity contribution < 1.29 is 38.1 Å². The van der Waals surface area contributed by atoms with Gasteiger partial charge >= 0.3 is 24.1 Å². The molecule has 0 unspecified atom stereocenters. The van der Waals surface area contributed by atoms with E-state index in [4.69, 9.17) is 23.9 Å². The number of benzene rings is 1. The average Bonchev–Trinajstić information content (AvgIpc) is 3.51. The Morgan fingerprint density at radius 3 is 2.18 bits per heavy atom. The van der Waals surface area contributed by atoms with Gasteiger partial charge in [0.05, 0.1) is 18.5 Å². The van der Waals surface area contributed by atoms with Crippen LogP contribution in [-0.2, 0) is 41.5 Å². The number of carbonyl (C=O) groups is 4. The monoisotopic (exact) mass is 677 g/mol. The Morgan fingerprint density at radius 1 is 0.959 bits per heavy atom. The lowest BCUT2D eigenvalue weighted by molar-refractivity contribution is -0.188. The van der Waals surface area contributed by atoms with Crippen LogP contribution in [0.15, 0.2) is 42.5 Å². The van der Waals surface area contributed by atoms with E-state index in [0.29, 0.717) is 30.8 Å². The fourth-order valence-electron chi connectivity index (χ4n) is 7.13. The van der Waals surface area contributed by atoms with Gasteiger partial charge in [0.15, 0.2) is 0 Å². The molecule has 2 aliphatic heterocycles. The second-order valence-corrected chi connectivity index (χ2v) is 16.5. The average molecular weight is 678 g/mol. The van der Waals surface area contributed by atoms with Crippen molar-refractivity contribution in [3.05, 3.63) is 59.3 Å². The smallest absolute Gasteiger partial charge is 0.416 e. The van der Waals surface area contributed by atoms with Crippen molar-refractivity contribution in [2.24, 2.45) is 16.7 Å². The first kappa shape index (κ1) is 36.1. The van der Waals surface area contributed by atoms with Gasteiger partial charge in [-0.3, -0.25) is 9.69 Å². The van der Waals surface area contributed by atoms with Crippen molar-refractivity contribution in [2.45, 2.75) is 118 Å². The molecule has 0 spiro atoms. The maximum atomic E-state index is 14.0. The van der Waals surface area contributed by atoms with Crippen LogP contribution in [0.5, 0.6) is 0 Å². The summed E-state index contributed by atoms with van der Waals surface area (Å²) in [5.41, 5.74) is -1.95. The number of carbonyl (C=O) groups excluding carboxylic acids is 4. The predicted molar refractivity (Wildman–Crippen MR) is 183 cm³/mol. The Kier molecular flexibility index (Phi) is 9.31. The number of pyridine rings is 1. The first-order chi connectivity index (χ1) is 22.6. The quantitative estimate of drug-likeness (QED) is 0.231. The first-order valence-electron chi connectivity index (χ1n) is 17.1. The summed E-state index contributed by atoms with van der Waals surface area (Å²) in [5.74, 6) is -0.912. The summed E-state index contributed by atoms with van der Waals surface area (Å²) in [6.45, 7) is 19.0. The molecule has 11 heteroatoms. The number of fused-ring (bicyclic) bond motifs is 2. The molecule has 2 amide bonds. The summed E-state index contributed by atoms with van der Waals surface area (Å²) in [4.78, 5) is 61.7. The largest absolute Gasteiger partial charge is 0.457 e. The first-order valence-corrected chi connectivity index (χ1v) is 17.1. The summed E-state index contributed by atoms with van der Waals surface area (Å²) in [5, 5.41) is 0. The highest BCUT2D eigenvalue weighted by Crippen LogP contribution is 2.66. The van der Waals surface area contributed by atoms with Crippen LogP contribution in [0.3, 0.4) is 0 Å². The van der Waals surface area contributed by atoms with Crippen molar-refractivity contribution in [2.75, 3.05) is 18.0 Å². The van der Waals surface area contributed by atoms with E-state index in [0.717, 1.165) is 11.1 Å². The zero-order chi connectivity index (χ0) is 36.2. The van der Waals surface area contributed by atoms with E-state index in [1.165, 1.54) is 4.90 Å². The molecule has 3 fully saturated rings. The van der Waals surface area contributed by atoms with E-state index >= 15 is 0 Å². The van der Waals surface area contributed by atoms with E-state index in [-0.39, 0.29) is 31.5 Å². The van der Waals surface area contributed by atoms with E-state index in [1.54, 1.807) is 25.7 Å². The number of likely N-dealkylation sites (tertiary alicyclic amines) is 1. The molecule has 3 heterocycles. The van der Waals surface area contributed by atoms with Gasteiger partial charge in [0.25, 0.3) is 0 Å². The molecule has 3 aliphatic rings. The van der Waals surface area contributed by atoms with Gasteiger partial charge in [0.2, 0.25) is 5.60 Å². The second kappa shape index (κ2) is 12.6. The summed E-state index contributed by atoms with van der Waals surface area (Å²) in [7, 11) is 0. The fourth-order valence-corrected chi connectivity index (χ4v) is 7.13. The van der Waals surface area contributed by atoms with Crippen LogP contribution in [0.4, 0.5) is 15.4 Å². The number of anilines is 1. The minimum Gasteiger partial charge on any atom is -0.457 e. The Morgan fingerprint density at radius 2 is 1.61 bits per heavy atom. The van der Waals surface area contributed by atoms with Gasteiger partial charge in [-0.15, -0.1) is 0 Å². The lowest BCUT2D eigenvalue weighted by atomic mass is 9.66. The molecule has 2 bridgehead atoms. The van der Waals surface area contributed by atoms with Crippen LogP contribution in [0.1, 0.15) is 92.0 Å². The van der Waals surface area contributed by atoms with Crippen molar-refractivity contribution in [1.29, 1.82) is 0 Å². The minimum absolute atomic E-state index is 0.115. The zero-order valence-electron chi connectivity index (χ0n) is 30.5. The Balaban J connectivity index is 1.44. The number of nitrogens with zero attached hydrogens (tertiary/aromatic N) is 3. The third-order valence-electron chi connectivity index (χ3n) is 10.3. The molecule has 1 aromatic carbocycles. The molecule has 266 valence electrons. The van der Waals surface area contributed by atoms with Crippen molar-refractivity contribution >= 4 is 29.9 Å². The fraction of sp³-hybridized carbons (Fsp3) is 0.605. The highest BCUT2D eigenvalue weighted by Gasteiger charge is 2.76. The molecule has 4 atom stereocenters. The van der Waals surface area contributed by atoms with Crippen LogP contribution < -0.4 is 4.90 Å². The third-order valence-corrected chi connectivity index (χ3v) is 10.3. The van der Waals surface area contributed by atoms with Crippen molar-refractivity contribution in [1.82, 2.24) is 9.88 Å². The molecule has 1 aromatic heterocycles. The van der Waals surface area contributed by atoms with Crippen LogP contribution in [0, 0.1) is 23.7 Å². The molecule has 11 nitrogen and oxygen atoms in total. The Labute approximate surface area is 289 Å². The molecule has 0 radical (unpaired) electrons. The van der Waals surface area contributed by atoms with Crippen LogP contribution in [0.25, 0.3) is 0 Å². The van der Waals surface area contributed by atoms with E-state index in [9.17, 15) is 19.2 Å². The minimum atomic E-state index is -1.40. The zero-order valence-corrected chi connectivity index (χ0v) is 30.5. The number of hydrogen-bond acceptors (Lipinski definition) is 9. The number of aryl methyl sites for hydroxylation is 1. The Hall–Kier alpha value is -4.15. The van der Waals surface area contributed by atoms with Crippen LogP contribution >= 0.6 is 0 Å². The highest BCUT2D eigenvalue weighted by molar-refractivity contribution is 5.93. The van der Waals surface area contributed by atoms with E-state index < -0.39 is 51.9 Å². The van der Waals surface area contributed by atoms with Crippen molar-refractivity contribution in [3.8, 4) is 0 Å². The van der Waals surface area contributed by atoms with Crippen LogP contribution in [0.2, 0.25) is 0 Å². The molecule has 1 aliphatic carbocycles. The molecule has 5 rings (SSSR count). The maximum Gasteiger partial charge on any atom is 0.416 e. The number of ether oxygens (including phenoxy) is 4. The summed E-state index contributed by atoms with van der Waals surface area (Å²) >= 11 is 0. The highest BCUT2D eigenvalue weighted by atomic mass is 16.6. The summed E-state index contributed by atoms with van der Waals surface area (Å²) in [6, 6.07) is 13.4. The lowest BCUT2D eigenvalue weighted by Gasteiger charge is -2.35. The lowest BCUT2D eigenvalue weighted by Crippen LogP contribution is -2.50. The van der Waals surface area contributed by atoms with Crippen molar-refractivity contribution in [3.63, 3.8) is 0 Å². The summed E-state index contributed by atoms with van der Waals surface area (Å²) < 4.78 is 23.5. The van der Waals surface area contributed by atoms with E-state index in [1.807, 2.05) is 90.9 Å². The van der Waals surface area contributed by atoms with Gasteiger partial charge in [0.1, 0.15) is 23.1 Å². The Bertz CT molecular complexity index is 1610. The van der Waals surface area contributed by atoms with Gasteiger partial charge < -0.3 is 23.8 Å². The molecule has 1 saturated carbocycles. The topological polar surface area (TPSA) is 125 Å². The SMILES string of the molecule is Cc1cc(C[C@@H]2CN(C(=O)OC(C)(C)C)C[C@@H]2OC(=O)[C@@]23CC[C@@](C)(C(=O)O2)C3(C)C)nc(N(Cc2ccccc2)C(=O)OC(C)(C)C)c1. The van der Waals surface area contributed by atoms with E-state index in [2.05, 4.69) is 0 Å². The number of aromatic nitrogens is 1. The summed E-state index contributed by atoms with van der Waals surface area (Å²) in [6.07, 6.45) is -0.507. The maximum absolute atomic E-state index is 14.0. The third kappa shape index (κ3) is 7.12. The standard InChI is InChI=1S/C38H51N3O8/c1-24-18-27(39-29(19-24)41(33(45)49-35(5,6)7)21-25-14-12-11-13-15-25)20-26-22-40(32(44)48-34(2,3)4)23-28(26)46-31(43)38-17-16-37(10,30(42)47-38)36(38,8)9/h11-15,18-19,26,28H,16-17,20-23H2,1-10H3/t26-,28+,37+,38-/m1/s1. The number of rotatable bonds is 7. The van der Waals surface area contributed by atoms with Gasteiger partial charge in [-0.05, 0) is 97.9 Å². The number of esters is 2. The molecule has 0 N–H and O–H groups in total. The van der Waals surface area contributed by atoms with Gasteiger partial charge in [-0.25, -0.2) is 19.4 Å². The number of amides is 2. The molecule has 2 aromatic rings. The normalized spacial score (nSPS) is 25.9. The molecular weight excluding hydrogens is 626 g/mol.